The Bertz CT molecular complexity index is 817. The van der Waals surface area contributed by atoms with Crippen LogP contribution in [0.15, 0.2) is 42.5 Å². The molecule has 1 heterocycles. The van der Waals surface area contributed by atoms with E-state index in [-0.39, 0.29) is 19.4 Å². The lowest BCUT2D eigenvalue weighted by Gasteiger charge is -2.34. The molecule has 1 fully saturated rings. The summed E-state index contributed by atoms with van der Waals surface area (Å²) in [6.45, 7) is 0.775. The average Bonchev–Trinajstić information content (AvgIpc) is 2.72. The van der Waals surface area contributed by atoms with Crippen molar-refractivity contribution in [3.63, 3.8) is 0 Å². The number of hydrogen-bond acceptors (Lipinski definition) is 5. The number of aldehydes is 1. The molecule has 2 N–H and O–H groups in total. The van der Waals surface area contributed by atoms with Gasteiger partial charge in [-0.25, -0.2) is 0 Å². The van der Waals surface area contributed by atoms with E-state index in [2.05, 4.69) is 10.6 Å². The van der Waals surface area contributed by atoms with Crippen molar-refractivity contribution in [2.45, 2.75) is 19.0 Å². The fraction of sp³-hybridized carbons (Fsp3) is 0.381. The summed E-state index contributed by atoms with van der Waals surface area (Å²) < 4.78 is 43.9. The SMILES string of the molecule is CNc1ccc(Nc2ccc(N3CCC(C(F)(F)F)CC3)cc2)cc1OCC=O. The molecule has 0 spiro atoms. The normalized spacial score (nSPS) is 15.1. The highest BCUT2D eigenvalue weighted by Crippen LogP contribution is 2.36. The van der Waals surface area contributed by atoms with Gasteiger partial charge in [-0.2, -0.15) is 13.2 Å². The van der Waals surface area contributed by atoms with Crippen LogP contribution in [0.5, 0.6) is 5.75 Å². The summed E-state index contributed by atoms with van der Waals surface area (Å²) in [5, 5.41) is 6.27. The van der Waals surface area contributed by atoms with E-state index in [9.17, 15) is 18.0 Å². The van der Waals surface area contributed by atoms with E-state index in [0.29, 0.717) is 25.1 Å². The van der Waals surface area contributed by atoms with Gasteiger partial charge in [-0.3, -0.25) is 4.79 Å². The molecule has 5 nitrogen and oxygen atoms in total. The maximum absolute atomic E-state index is 12.8. The molecule has 0 atom stereocenters. The molecule has 2 aromatic carbocycles. The van der Waals surface area contributed by atoms with E-state index >= 15 is 0 Å². The topological polar surface area (TPSA) is 53.6 Å². The first kappa shape index (κ1) is 20.8. The second-order valence-electron chi connectivity index (χ2n) is 6.91. The Balaban J connectivity index is 1.63. The number of carbonyl (C=O) groups is 1. The number of benzene rings is 2. The van der Waals surface area contributed by atoms with Crippen LogP contribution in [0.3, 0.4) is 0 Å². The van der Waals surface area contributed by atoms with Crippen molar-refractivity contribution in [2.24, 2.45) is 5.92 Å². The molecule has 156 valence electrons. The first-order valence-corrected chi connectivity index (χ1v) is 9.47. The number of nitrogens with zero attached hydrogens (tertiary/aromatic N) is 1. The van der Waals surface area contributed by atoms with Gasteiger partial charge in [0.15, 0.2) is 6.29 Å². The molecule has 8 heteroatoms. The molecule has 0 saturated carbocycles. The number of alkyl halides is 3. The number of piperidine rings is 1. The van der Waals surface area contributed by atoms with Crippen LogP contribution in [0.2, 0.25) is 0 Å². The summed E-state index contributed by atoms with van der Waals surface area (Å²) >= 11 is 0. The third-order valence-electron chi connectivity index (χ3n) is 5.04. The second kappa shape index (κ2) is 9.07. The van der Waals surface area contributed by atoms with E-state index in [0.717, 1.165) is 22.7 Å². The molecule has 0 aliphatic carbocycles. The first-order chi connectivity index (χ1) is 13.9. The summed E-state index contributed by atoms with van der Waals surface area (Å²) in [7, 11) is 1.77. The summed E-state index contributed by atoms with van der Waals surface area (Å²) in [5.41, 5.74) is 3.33. The quantitative estimate of drug-likeness (QED) is 0.644. The van der Waals surface area contributed by atoms with Gasteiger partial charge in [0.1, 0.15) is 12.4 Å². The molecule has 0 amide bonds. The van der Waals surface area contributed by atoms with Gasteiger partial charge in [-0.05, 0) is 49.2 Å². The maximum atomic E-state index is 12.8. The smallest absolute Gasteiger partial charge is 0.391 e. The van der Waals surface area contributed by atoms with E-state index in [4.69, 9.17) is 4.74 Å². The summed E-state index contributed by atoms with van der Waals surface area (Å²) in [4.78, 5) is 12.5. The minimum Gasteiger partial charge on any atom is -0.484 e. The number of nitrogens with one attached hydrogen (secondary N) is 2. The van der Waals surface area contributed by atoms with Gasteiger partial charge in [-0.15, -0.1) is 0 Å². The zero-order valence-corrected chi connectivity index (χ0v) is 16.1. The molecule has 0 aromatic heterocycles. The fourth-order valence-electron chi connectivity index (χ4n) is 3.44. The third kappa shape index (κ3) is 5.34. The van der Waals surface area contributed by atoms with Crippen molar-refractivity contribution >= 4 is 29.0 Å². The molecule has 3 rings (SSSR count). The Labute approximate surface area is 167 Å². The van der Waals surface area contributed by atoms with Crippen molar-refractivity contribution in [1.29, 1.82) is 0 Å². The van der Waals surface area contributed by atoms with Crippen LogP contribution >= 0.6 is 0 Å². The van der Waals surface area contributed by atoms with Crippen LogP contribution in [0.4, 0.5) is 35.9 Å². The Hall–Kier alpha value is -2.90. The molecule has 29 heavy (non-hydrogen) atoms. The van der Waals surface area contributed by atoms with Crippen molar-refractivity contribution < 1.29 is 22.7 Å². The Morgan fingerprint density at radius 3 is 2.34 bits per heavy atom. The van der Waals surface area contributed by atoms with E-state index in [1.165, 1.54) is 0 Å². The molecule has 1 saturated heterocycles. The molecule has 0 unspecified atom stereocenters. The molecule has 1 aliphatic heterocycles. The van der Waals surface area contributed by atoms with Gasteiger partial charge >= 0.3 is 6.18 Å². The molecule has 0 radical (unpaired) electrons. The van der Waals surface area contributed by atoms with Crippen LogP contribution in [0.1, 0.15) is 12.8 Å². The van der Waals surface area contributed by atoms with Gasteiger partial charge in [0, 0.05) is 43.3 Å². The number of rotatable bonds is 7. The Morgan fingerprint density at radius 2 is 1.76 bits per heavy atom. The van der Waals surface area contributed by atoms with Crippen molar-refractivity contribution in [1.82, 2.24) is 0 Å². The fourth-order valence-corrected chi connectivity index (χ4v) is 3.44. The highest BCUT2D eigenvalue weighted by Gasteiger charge is 2.41. The summed E-state index contributed by atoms with van der Waals surface area (Å²) in [6, 6.07) is 13.1. The van der Waals surface area contributed by atoms with Crippen LogP contribution in [0, 0.1) is 5.92 Å². The number of carbonyl (C=O) groups excluding carboxylic acids is 1. The molecule has 0 bridgehead atoms. The largest absolute Gasteiger partial charge is 0.484 e. The van der Waals surface area contributed by atoms with Crippen molar-refractivity contribution in [3.8, 4) is 5.75 Å². The van der Waals surface area contributed by atoms with Gasteiger partial charge < -0.3 is 20.3 Å². The minimum absolute atomic E-state index is 0.0299. The third-order valence-corrected chi connectivity index (χ3v) is 5.04. The number of hydrogen-bond donors (Lipinski definition) is 2. The van der Waals surface area contributed by atoms with Crippen LogP contribution in [0.25, 0.3) is 0 Å². The van der Waals surface area contributed by atoms with E-state index in [1.807, 2.05) is 41.3 Å². The van der Waals surface area contributed by atoms with E-state index in [1.54, 1.807) is 13.1 Å². The van der Waals surface area contributed by atoms with Gasteiger partial charge in [0.2, 0.25) is 0 Å². The highest BCUT2D eigenvalue weighted by molar-refractivity contribution is 5.69. The van der Waals surface area contributed by atoms with Crippen LogP contribution in [-0.2, 0) is 4.79 Å². The zero-order chi connectivity index (χ0) is 20.9. The van der Waals surface area contributed by atoms with Crippen molar-refractivity contribution in [3.05, 3.63) is 42.5 Å². The molecular formula is C21H24F3N3O2. The Kier molecular flexibility index (Phi) is 6.51. The minimum atomic E-state index is -4.10. The predicted molar refractivity (Wildman–Crippen MR) is 108 cm³/mol. The van der Waals surface area contributed by atoms with Gasteiger partial charge in [0.05, 0.1) is 11.6 Å². The number of halogens is 3. The second-order valence-corrected chi connectivity index (χ2v) is 6.91. The molecular weight excluding hydrogens is 383 g/mol. The predicted octanol–water partition coefficient (Wildman–Crippen LogP) is 4.83. The number of ether oxygens (including phenoxy) is 1. The lowest BCUT2D eigenvalue weighted by atomic mass is 9.96. The van der Waals surface area contributed by atoms with Crippen LogP contribution < -0.4 is 20.3 Å². The summed E-state index contributed by atoms with van der Waals surface area (Å²) in [5.74, 6) is -0.635. The number of anilines is 4. The Morgan fingerprint density at radius 1 is 1.10 bits per heavy atom. The molecule has 2 aromatic rings. The first-order valence-electron chi connectivity index (χ1n) is 9.47. The van der Waals surface area contributed by atoms with Gasteiger partial charge in [0.25, 0.3) is 0 Å². The summed E-state index contributed by atoms with van der Waals surface area (Å²) in [6.07, 6.45) is -3.15. The van der Waals surface area contributed by atoms with Gasteiger partial charge in [-0.1, -0.05) is 0 Å². The average molecular weight is 407 g/mol. The lowest BCUT2D eigenvalue weighted by molar-refractivity contribution is -0.179. The standard InChI is InChI=1S/C21H24F3N3O2/c1-25-19-7-4-17(14-20(19)29-13-12-28)26-16-2-5-18(6-3-16)27-10-8-15(9-11-27)21(22,23)24/h2-7,12,14-15,25-26H,8-11,13H2,1H3. The lowest BCUT2D eigenvalue weighted by Crippen LogP contribution is -2.38. The highest BCUT2D eigenvalue weighted by atomic mass is 19.4. The molecule has 1 aliphatic rings. The zero-order valence-electron chi connectivity index (χ0n) is 16.1. The monoisotopic (exact) mass is 407 g/mol. The van der Waals surface area contributed by atoms with Crippen LogP contribution in [-0.4, -0.2) is 39.2 Å². The van der Waals surface area contributed by atoms with Crippen molar-refractivity contribution in [2.75, 3.05) is 42.3 Å². The van der Waals surface area contributed by atoms with E-state index < -0.39 is 12.1 Å². The maximum Gasteiger partial charge on any atom is 0.391 e.